The summed E-state index contributed by atoms with van der Waals surface area (Å²) in [6, 6.07) is -1.37. The van der Waals surface area contributed by atoms with Gasteiger partial charge in [-0.1, -0.05) is 6.42 Å². The Morgan fingerprint density at radius 2 is 0.872 bits per heavy atom. The van der Waals surface area contributed by atoms with Crippen molar-refractivity contribution in [3.8, 4) is 0 Å². The van der Waals surface area contributed by atoms with E-state index in [1.165, 1.54) is 19.6 Å². The topological polar surface area (TPSA) is 151 Å². The molecule has 0 spiro atoms. The molecule has 0 bridgehead atoms. The number of urea groups is 4. The summed E-state index contributed by atoms with van der Waals surface area (Å²) in [5.41, 5.74) is -3.11. The summed E-state index contributed by atoms with van der Waals surface area (Å²) in [6.07, 6.45) is 2.71. The van der Waals surface area contributed by atoms with Gasteiger partial charge in [-0.3, -0.25) is 39.2 Å². The summed E-state index contributed by atoms with van der Waals surface area (Å²) < 4.78 is 22.2. The number of carbonyl (C=O) groups is 4. The SMILES string of the molecule is CC12N3COCN1C(=O)N1COCN(C3=O)C12CCCCCC12N3COCN1C(=O)N1COCN(C3=O)C12O. The molecule has 1 N–H and O–H groups in total. The molecule has 0 unspecified atom stereocenters. The number of aliphatic hydroxyl groups is 1. The maximum atomic E-state index is 13.3. The van der Waals surface area contributed by atoms with Crippen LogP contribution in [0.3, 0.4) is 0 Å². The Bertz CT molecular complexity index is 1030. The predicted octanol–water partition coefficient (Wildman–Crippen LogP) is -0.577. The van der Waals surface area contributed by atoms with Gasteiger partial charge in [0.2, 0.25) is 0 Å². The van der Waals surface area contributed by atoms with Gasteiger partial charge in [0, 0.05) is 0 Å². The maximum Gasteiger partial charge on any atom is 0.329 e. The van der Waals surface area contributed by atoms with Crippen molar-refractivity contribution in [1.29, 1.82) is 0 Å². The average molecular weight is 551 g/mol. The van der Waals surface area contributed by atoms with Gasteiger partial charge in [0.15, 0.2) is 17.0 Å². The van der Waals surface area contributed by atoms with Crippen LogP contribution in [-0.2, 0) is 18.9 Å². The van der Waals surface area contributed by atoms with Gasteiger partial charge in [-0.25, -0.2) is 19.2 Å². The first-order chi connectivity index (χ1) is 18.8. The Labute approximate surface area is 222 Å². The molecule has 0 saturated carbocycles. The van der Waals surface area contributed by atoms with Gasteiger partial charge < -0.3 is 24.1 Å². The largest absolute Gasteiger partial charge is 0.350 e. The average Bonchev–Trinajstić information content (AvgIpc) is 3.44. The van der Waals surface area contributed by atoms with Crippen molar-refractivity contribution in [3.63, 3.8) is 0 Å². The van der Waals surface area contributed by atoms with E-state index >= 15 is 0 Å². The number of ether oxygens (including phenoxy) is 4. The van der Waals surface area contributed by atoms with Crippen molar-refractivity contribution in [2.24, 2.45) is 0 Å². The lowest BCUT2D eigenvalue weighted by Crippen LogP contribution is -2.71. The van der Waals surface area contributed by atoms with Crippen LogP contribution < -0.4 is 0 Å². The van der Waals surface area contributed by atoms with Gasteiger partial charge in [-0.2, -0.15) is 0 Å². The fourth-order valence-electron chi connectivity index (χ4n) is 8.23. The van der Waals surface area contributed by atoms with Crippen LogP contribution in [0.1, 0.15) is 39.0 Å². The lowest BCUT2D eigenvalue weighted by atomic mass is 9.86. The van der Waals surface area contributed by atoms with Crippen LogP contribution in [0.15, 0.2) is 0 Å². The number of carbonyl (C=O) groups excluding carboxylic acids is 4. The zero-order valence-electron chi connectivity index (χ0n) is 21.5. The summed E-state index contributed by atoms with van der Waals surface area (Å²) in [4.78, 5) is 64.8. The summed E-state index contributed by atoms with van der Waals surface area (Å²) in [5.74, 6) is -1.86. The van der Waals surface area contributed by atoms with E-state index < -0.39 is 34.9 Å². The zero-order chi connectivity index (χ0) is 26.9. The van der Waals surface area contributed by atoms with Gasteiger partial charge in [0.25, 0.3) is 5.85 Å². The van der Waals surface area contributed by atoms with Crippen LogP contribution in [0.4, 0.5) is 19.2 Å². The Balaban J connectivity index is 1.04. The molecule has 0 aromatic heterocycles. The quantitative estimate of drug-likeness (QED) is 0.429. The van der Waals surface area contributed by atoms with Crippen molar-refractivity contribution >= 4 is 24.1 Å². The Hall–Kier alpha value is -3.12. The summed E-state index contributed by atoms with van der Waals surface area (Å²) in [7, 11) is 0. The molecular weight excluding hydrogens is 520 g/mol. The summed E-state index contributed by atoms with van der Waals surface area (Å²) >= 11 is 0. The zero-order valence-corrected chi connectivity index (χ0v) is 21.5. The molecule has 0 aliphatic carbocycles. The van der Waals surface area contributed by atoms with E-state index in [4.69, 9.17) is 18.9 Å². The third kappa shape index (κ3) is 2.27. The number of amides is 8. The number of rotatable bonds is 6. The fraction of sp³-hybridized carbons (Fsp3) is 0.818. The minimum absolute atomic E-state index is 0.0430. The van der Waals surface area contributed by atoms with Crippen LogP contribution >= 0.6 is 0 Å². The molecule has 17 nitrogen and oxygen atoms in total. The molecule has 8 amide bonds. The molecule has 212 valence electrons. The highest BCUT2D eigenvalue weighted by Crippen LogP contribution is 2.57. The number of nitrogens with zero attached hydrogens (tertiary/aromatic N) is 8. The molecule has 0 aromatic rings. The lowest BCUT2D eigenvalue weighted by molar-refractivity contribution is -0.292. The molecular formula is C22H30N8O9. The lowest BCUT2D eigenvalue weighted by Gasteiger charge is -2.51. The Kier molecular flexibility index (Phi) is 4.47. The summed E-state index contributed by atoms with van der Waals surface area (Å²) in [6.45, 7) is 1.93. The summed E-state index contributed by atoms with van der Waals surface area (Å²) in [5, 5.41) is 11.9. The van der Waals surface area contributed by atoms with Gasteiger partial charge >= 0.3 is 24.1 Å². The van der Waals surface area contributed by atoms with E-state index in [1.54, 1.807) is 19.6 Å². The molecule has 8 aliphatic heterocycles. The van der Waals surface area contributed by atoms with Crippen molar-refractivity contribution in [2.45, 2.75) is 61.9 Å². The smallest absolute Gasteiger partial charge is 0.329 e. The molecule has 17 heteroatoms. The van der Waals surface area contributed by atoms with Crippen molar-refractivity contribution in [1.82, 2.24) is 39.2 Å². The molecule has 8 rings (SSSR count). The number of hydrogen-bond donors (Lipinski definition) is 1. The van der Waals surface area contributed by atoms with Crippen LogP contribution in [0.5, 0.6) is 0 Å². The van der Waals surface area contributed by atoms with Gasteiger partial charge in [-0.05, 0) is 32.6 Å². The second-order valence-electron chi connectivity index (χ2n) is 11.3. The molecule has 0 radical (unpaired) electrons. The van der Waals surface area contributed by atoms with Gasteiger partial charge in [0.1, 0.15) is 53.8 Å². The second kappa shape index (κ2) is 7.34. The van der Waals surface area contributed by atoms with Gasteiger partial charge in [-0.15, -0.1) is 0 Å². The van der Waals surface area contributed by atoms with E-state index in [-0.39, 0.29) is 65.9 Å². The maximum absolute atomic E-state index is 13.3. The van der Waals surface area contributed by atoms with Gasteiger partial charge in [0.05, 0.1) is 0 Å². The highest BCUT2D eigenvalue weighted by Gasteiger charge is 2.81. The van der Waals surface area contributed by atoms with Crippen LogP contribution in [0, 0.1) is 0 Å². The third-order valence-electron chi connectivity index (χ3n) is 10.0. The van der Waals surface area contributed by atoms with E-state index in [0.717, 1.165) is 0 Å². The highest BCUT2D eigenvalue weighted by molar-refractivity contribution is 5.89. The normalized spacial score (nSPS) is 40.1. The van der Waals surface area contributed by atoms with Crippen molar-refractivity contribution in [2.75, 3.05) is 53.8 Å². The molecule has 0 aromatic carbocycles. The molecule has 8 fully saturated rings. The van der Waals surface area contributed by atoms with E-state index in [0.29, 0.717) is 32.1 Å². The minimum atomic E-state index is -1.86. The van der Waals surface area contributed by atoms with E-state index in [2.05, 4.69) is 0 Å². The van der Waals surface area contributed by atoms with E-state index in [9.17, 15) is 24.3 Å². The standard InChI is InChI=1S/C22H30N8O9/c1-19-20(25-9-37-10-26(20)16(32)24(19)8-36-7-23(19)15(25)31)5-3-2-4-6-21-22(35)29-13-39-14-30(22)18(34)28(21)12-38-11-27(21)17(29)33/h35H,2-14H2,1H3. The van der Waals surface area contributed by atoms with Crippen molar-refractivity contribution in [3.05, 3.63) is 0 Å². The first kappa shape index (κ1) is 23.7. The fourth-order valence-corrected chi connectivity index (χ4v) is 8.23. The second-order valence-corrected chi connectivity index (χ2v) is 11.3. The monoisotopic (exact) mass is 550 g/mol. The third-order valence-corrected chi connectivity index (χ3v) is 10.0. The highest BCUT2D eigenvalue weighted by atomic mass is 16.6. The first-order valence-corrected chi connectivity index (χ1v) is 13.2. The molecule has 8 heterocycles. The first-order valence-electron chi connectivity index (χ1n) is 13.2. The predicted molar refractivity (Wildman–Crippen MR) is 121 cm³/mol. The molecule has 8 saturated heterocycles. The van der Waals surface area contributed by atoms with Crippen LogP contribution in [0.25, 0.3) is 0 Å². The molecule has 39 heavy (non-hydrogen) atoms. The Morgan fingerprint density at radius 1 is 0.538 bits per heavy atom. The molecule has 0 atom stereocenters. The van der Waals surface area contributed by atoms with Crippen LogP contribution in [0.2, 0.25) is 0 Å². The number of unbranched alkanes of at least 4 members (excludes halogenated alkanes) is 2. The van der Waals surface area contributed by atoms with Crippen LogP contribution in [-0.4, -0.2) is 145 Å². The Morgan fingerprint density at radius 3 is 1.33 bits per heavy atom. The minimum Gasteiger partial charge on any atom is -0.350 e. The molecule has 8 aliphatic rings. The van der Waals surface area contributed by atoms with E-state index in [1.807, 2.05) is 6.92 Å². The van der Waals surface area contributed by atoms with Crippen molar-refractivity contribution < 1.29 is 43.2 Å². The number of hydrogen-bond acceptors (Lipinski definition) is 9.